The van der Waals surface area contributed by atoms with E-state index in [0.717, 1.165) is 25.9 Å². The maximum Gasteiger partial charge on any atom is 0.150 e. The SMILES string of the molecule is CC(Nc1c(F)cc(Br)cc1F)C1CCCN(C)C1. The van der Waals surface area contributed by atoms with Gasteiger partial charge in [0.25, 0.3) is 0 Å². The van der Waals surface area contributed by atoms with Crippen LogP contribution in [0.3, 0.4) is 0 Å². The van der Waals surface area contributed by atoms with E-state index in [1.165, 1.54) is 12.1 Å². The minimum atomic E-state index is -0.553. The van der Waals surface area contributed by atoms with E-state index < -0.39 is 11.6 Å². The number of rotatable bonds is 3. The van der Waals surface area contributed by atoms with Crippen LogP contribution in [0, 0.1) is 17.6 Å². The van der Waals surface area contributed by atoms with Gasteiger partial charge in [0.05, 0.1) is 0 Å². The predicted molar refractivity (Wildman–Crippen MR) is 77.4 cm³/mol. The van der Waals surface area contributed by atoms with Crippen LogP contribution in [0.2, 0.25) is 0 Å². The Morgan fingerprint density at radius 2 is 2.00 bits per heavy atom. The van der Waals surface area contributed by atoms with Gasteiger partial charge >= 0.3 is 0 Å². The summed E-state index contributed by atoms with van der Waals surface area (Å²) in [7, 11) is 2.08. The van der Waals surface area contributed by atoms with Crippen LogP contribution in [0.25, 0.3) is 0 Å². The average Bonchev–Trinajstić information content (AvgIpc) is 2.33. The second-order valence-electron chi connectivity index (χ2n) is 5.34. The second-order valence-corrected chi connectivity index (χ2v) is 6.26. The summed E-state index contributed by atoms with van der Waals surface area (Å²) < 4.78 is 28.0. The first-order valence-electron chi connectivity index (χ1n) is 6.57. The molecule has 1 aromatic rings. The van der Waals surface area contributed by atoms with Crippen LogP contribution in [0.15, 0.2) is 16.6 Å². The number of hydrogen-bond acceptors (Lipinski definition) is 2. The van der Waals surface area contributed by atoms with Gasteiger partial charge in [0.15, 0.2) is 0 Å². The summed E-state index contributed by atoms with van der Waals surface area (Å²) in [5, 5.41) is 3.00. The molecule has 1 N–H and O–H groups in total. The lowest BCUT2D eigenvalue weighted by molar-refractivity contribution is 0.197. The van der Waals surface area contributed by atoms with Crippen molar-refractivity contribution in [3.8, 4) is 0 Å². The van der Waals surface area contributed by atoms with Crippen molar-refractivity contribution in [2.75, 3.05) is 25.5 Å². The fourth-order valence-electron chi connectivity index (χ4n) is 2.64. The van der Waals surface area contributed by atoms with Gasteiger partial charge in [0, 0.05) is 17.1 Å². The van der Waals surface area contributed by atoms with Gasteiger partial charge in [0.2, 0.25) is 0 Å². The third-order valence-electron chi connectivity index (χ3n) is 3.75. The van der Waals surface area contributed by atoms with Gasteiger partial charge in [-0.05, 0) is 51.4 Å². The van der Waals surface area contributed by atoms with Gasteiger partial charge in [-0.3, -0.25) is 0 Å². The van der Waals surface area contributed by atoms with E-state index in [0.29, 0.717) is 10.4 Å². The summed E-state index contributed by atoms with van der Waals surface area (Å²) >= 11 is 3.08. The molecule has 0 saturated carbocycles. The highest BCUT2D eigenvalue weighted by Crippen LogP contribution is 2.27. The van der Waals surface area contributed by atoms with E-state index >= 15 is 0 Å². The first kappa shape index (κ1) is 14.7. The molecule has 106 valence electrons. The Balaban J connectivity index is 2.08. The summed E-state index contributed by atoms with van der Waals surface area (Å²) in [5.41, 5.74) is -0.0241. The summed E-state index contributed by atoms with van der Waals surface area (Å²) in [4.78, 5) is 2.26. The minimum absolute atomic E-state index is 0.0241. The number of anilines is 1. The summed E-state index contributed by atoms with van der Waals surface area (Å²) in [6.07, 6.45) is 2.23. The standard InChI is InChI=1S/C14H19BrF2N2/c1-9(10-4-3-5-19(2)8-10)18-14-12(16)6-11(15)7-13(14)17/h6-7,9-10,18H,3-5,8H2,1-2H3. The first-order chi connectivity index (χ1) is 8.97. The molecular formula is C14H19BrF2N2. The molecule has 0 aliphatic carbocycles. The second kappa shape index (κ2) is 6.18. The van der Waals surface area contributed by atoms with Crippen molar-refractivity contribution in [2.45, 2.75) is 25.8 Å². The molecule has 0 radical (unpaired) electrons. The first-order valence-corrected chi connectivity index (χ1v) is 7.36. The number of likely N-dealkylation sites (tertiary alicyclic amines) is 1. The Bertz CT molecular complexity index is 430. The van der Waals surface area contributed by atoms with Crippen LogP contribution in [0.5, 0.6) is 0 Å². The number of nitrogens with zero attached hydrogens (tertiary/aromatic N) is 1. The molecule has 1 aliphatic heterocycles. The van der Waals surface area contributed by atoms with Crippen molar-refractivity contribution in [3.05, 3.63) is 28.2 Å². The van der Waals surface area contributed by atoms with Crippen LogP contribution in [-0.4, -0.2) is 31.1 Å². The Labute approximate surface area is 121 Å². The Morgan fingerprint density at radius 3 is 2.58 bits per heavy atom. The van der Waals surface area contributed by atoms with Gasteiger partial charge in [0.1, 0.15) is 17.3 Å². The summed E-state index contributed by atoms with van der Waals surface area (Å²) in [6.45, 7) is 4.06. The lowest BCUT2D eigenvalue weighted by atomic mass is 9.91. The molecule has 1 heterocycles. The van der Waals surface area contributed by atoms with E-state index in [1.807, 2.05) is 6.92 Å². The molecule has 0 aromatic heterocycles. The van der Waals surface area contributed by atoms with Crippen molar-refractivity contribution in [1.29, 1.82) is 0 Å². The van der Waals surface area contributed by atoms with Gasteiger partial charge in [-0.15, -0.1) is 0 Å². The van der Waals surface area contributed by atoms with Gasteiger partial charge in [-0.2, -0.15) is 0 Å². The normalized spacial score (nSPS) is 22.3. The average molecular weight is 333 g/mol. The zero-order valence-corrected chi connectivity index (χ0v) is 12.8. The van der Waals surface area contributed by atoms with Crippen molar-refractivity contribution >= 4 is 21.6 Å². The van der Waals surface area contributed by atoms with E-state index in [2.05, 4.69) is 33.2 Å². The van der Waals surface area contributed by atoms with Crippen LogP contribution in [-0.2, 0) is 0 Å². The molecule has 2 rings (SSSR count). The highest BCUT2D eigenvalue weighted by atomic mass is 79.9. The maximum atomic E-state index is 13.8. The van der Waals surface area contributed by atoms with E-state index in [9.17, 15) is 8.78 Å². The predicted octanol–water partition coefficient (Wildman–Crippen LogP) is 3.87. The fourth-order valence-corrected chi connectivity index (χ4v) is 3.04. The van der Waals surface area contributed by atoms with Crippen LogP contribution < -0.4 is 5.32 Å². The smallest absolute Gasteiger partial charge is 0.150 e. The van der Waals surface area contributed by atoms with E-state index in [-0.39, 0.29) is 11.7 Å². The van der Waals surface area contributed by atoms with Crippen molar-refractivity contribution in [3.63, 3.8) is 0 Å². The highest BCUT2D eigenvalue weighted by Gasteiger charge is 2.24. The van der Waals surface area contributed by atoms with Crippen LogP contribution >= 0.6 is 15.9 Å². The minimum Gasteiger partial charge on any atom is -0.378 e. The molecule has 1 saturated heterocycles. The zero-order chi connectivity index (χ0) is 14.0. The molecule has 0 amide bonds. The van der Waals surface area contributed by atoms with Crippen molar-refractivity contribution < 1.29 is 8.78 Å². The molecule has 1 aliphatic rings. The topological polar surface area (TPSA) is 15.3 Å². The van der Waals surface area contributed by atoms with Crippen LogP contribution in [0.1, 0.15) is 19.8 Å². The Morgan fingerprint density at radius 1 is 1.37 bits per heavy atom. The highest BCUT2D eigenvalue weighted by molar-refractivity contribution is 9.10. The molecule has 2 nitrogen and oxygen atoms in total. The maximum absolute atomic E-state index is 13.8. The molecule has 1 aromatic carbocycles. The molecule has 0 bridgehead atoms. The molecule has 2 atom stereocenters. The Hall–Kier alpha value is -0.680. The molecule has 1 fully saturated rings. The number of nitrogens with one attached hydrogen (secondary N) is 1. The third kappa shape index (κ3) is 3.66. The summed E-state index contributed by atoms with van der Waals surface area (Å²) in [6, 6.07) is 2.61. The van der Waals surface area contributed by atoms with Gasteiger partial charge < -0.3 is 10.2 Å². The zero-order valence-electron chi connectivity index (χ0n) is 11.2. The number of benzene rings is 1. The third-order valence-corrected chi connectivity index (χ3v) is 4.20. The lowest BCUT2D eigenvalue weighted by Gasteiger charge is -2.34. The summed E-state index contributed by atoms with van der Waals surface area (Å²) in [5.74, 6) is -0.688. The quantitative estimate of drug-likeness (QED) is 0.903. The Kier molecular flexibility index (Phi) is 4.79. The van der Waals surface area contributed by atoms with Gasteiger partial charge in [-0.1, -0.05) is 15.9 Å². The lowest BCUT2D eigenvalue weighted by Crippen LogP contribution is -2.40. The molecule has 2 unspecified atom stereocenters. The van der Waals surface area contributed by atoms with Crippen LogP contribution in [0.4, 0.5) is 14.5 Å². The van der Waals surface area contributed by atoms with E-state index in [4.69, 9.17) is 0 Å². The molecular weight excluding hydrogens is 314 g/mol. The number of piperidine rings is 1. The van der Waals surface area contributed by atoms with Gasteiger partial charge in [-0.25, -0.2) is 8.78 Å². The molecule has 0 spiro atoms. The number of hydrogen-bond donors (Lipinski definition) is 1. The van der Waals surface area contributed by atoms with E-state index in [1.54, 1.807) is 0 Å². The monoisotopic (exact) mass is 332 g/mol. The largest absolute Gasteiger partial charge is 0.378 e. The number of halogens is 3. The fraction of sp³-hybridized carbons (Fsp3) is 0.571. The molecule has 19 heavy (non-hydrogen) atoms. The molecule has 5 heteroatoms. The van der Waals surface area contributed by atoms with Crippen molar-refractivity contribution in [2.24, 2.45) is 5.92 Å². The van der Waals surface area contributed by atoms with Crippen molar-refractivity contribution in [1.82, 2.24) is 4.90 Å².